The molecule has 0 bridgehead atoms. The van der Waals surface area contributed by atoms with Gasteiger partial charge in [0.05, 0.1) is 6.26 Å². The van der Waals surface area contributed by atoms with Gasteiger partial charge in [0.2, 0.25) is 5.91 Å². The Bertz CT molecular complexity index is 826. The Labute approximate surface area is 157 Å². The summed E-state index contributed by atoms with van der Waals surface area (Å²) in [5.41, 5.74) is 0.988. The first-order chi connectivity index (χ1) is 12.9. The van der Waals surface area contributed by atoms with Crippen LogP contribution in [0.3, 0.4) is 0 Å². The van der Waals surface area contributed by atoms with Crippen molar-refractivity contribution >= 4 is 23.4 Å². The van der Waals surface area contributed by atoms with Crippen molar-refractivity contribution in [2.24, 2.45) is 5.92 Å². The maximum atomic E-state index is 12.7. The van der Waals surface area contributed by atoms with Gasteiger partial charge in [-0.3, -0.25) is 14.4 Å². The fraction of sp³-hybridized carbons (Fsp3) is 0.350. The zero-order valence-corrected chi connectivity index (χ0v) is 15.3. The SMILES string of the molecule is CC(C)[C@@H](NC(=O)c1ccco1)C(=O)Nc1cccc(C(=O)NC2CC2)c1. The number of hydrogen-bond donors (Lipinski definition) is 3. The Balaban J connectivity index is 1.66. The van der Waals surface area contributed by atoms with Crippen molar-refractivity contribution < 1.29 is 18.8 Å². The van der Waals surface area contributed by atoms with Gasteiger partial charge in [-0.05, 0) is 49.1 Å². The van der Waals surface area contributed by atoms with Gasteiger partial charge in [-0.2, -0.15) is 0 Å². The van der Waals surface area contributed by atoms with Gasteiger partial charge in [0.15, 0.2) is 5.76 Å². The summed E-state index contributed by atoms with van der Waals surface area (Å²) in [5, 5.41) is 8.37. The van der Waals surface area contributed by atoms with Gasteiger partial charge in [-0.1, -0.05) is 19.9 Å². The van der Waals surface area contributed by atoms with Gasteiger partial charge in [0, 0.05) is 17.3 Å². The molecule has 7 nitrogen and oxygen atoms in total. The zero-order chi connectivity index (χ0) is 19.4. The minimum absolute atomic E-state index is 0.134. The lowest BCUT2D eigenvalue weighted by molar-refractivity contribution is -0.118. The van der Waals surface area contributed by atoms with Crippen LogP contribution in [0.1, 0.15) is 47.6 Å². The highest BCUT2D eigenvalue weighted by atomic mass is 16.3. The van der Waals surface area contributed by atoms with E-state index < -0.39 is 11.9 Å². The molecular formula is C20H23N3O4. The maximum absolute atomic E-state index is 12.7. The zero-order valence-electron chi connectivity index (χ0n) is 15.3. The largest absolute Gasteiger partial charge is 0.459 e. The molecule has 1 aromatic carbocycles. The van der Waals surface area contributed by atoms with Gasteiger partial charge in [0.25, 0.3) is 11.8 Å². The number of carbonyl (C=O) groups excluding carboxylic acids is 3. The molecule has 0 aliphatic heterocycles. The number of rotatable bonds is 7. The molecule has 0 radical (unpaired) electrons. The van der Waals surface area contributed by atoms with E-state index in [0.29, 0.717) is 11.3 Å². The maximum Gasteiger partial charge on any atom is 0.287 e. The molecule has 1 fully saturated rings. The monoisotopic (exact) mass is 369 g/mol. The third-order valence-electron chi connectivity index (χ3n) is 4.29. The van der Waals surface area contributed by atoms with Crippen LogP contribution in [-0.2, 0) is 4.79 Å². The predicted octanol–water partition coefficient (Wildman–Crippen LogP) is 2.56. The fourth-order valence-electron chi connectivity index (χ4n) is 2.61. The summed E-state index contributed by atoms with van der Waals surface area (Å²) in [6, 6.07) is 9.41. The average molecular weight is 369 g/mol. The number of hydrogen-bond acceptors (Lipinski definition) is 4. The summed E-state index contributed by atoms with van der Waals surface area (Å²) in [6.45, 7) is 3.68. The summed E-state index contributed by atoms with van der Waals surface area (Å²) >= 11 is 0. The van der Waals surface area contributed by atoms with Gasteiger partial charge < -0.3 is 20.4 Å². The lowest BCUT2D eigenvalue weighted by Crippen LogP contribution is -2.47. The van der Waals surface area contributed by atoms with E-state index in [9.17, 15) is 14.4 Å². The summed E-state index contributed by atoms with van der Waals surface area (Å²) < 4.78 is 5.06. The third-order valence-corrected chi connectivity index (χ3v) is 4.29. The van der Waals surface area contributed by atoms with Crippen molar-refractivity contribution in [3.05, 3.63) is 54.0 Å². The molecule has 0 spiro atoms. The van der Waals surface area contributed by atoms with Crippen LogP contribution < -0.4 is 16.0 Å². The lowest BCUT2D eigenvalue weighted by Gasteiger charge is -2.21. The summed E-state index contributed by atoms with van der Waals surface area (Å²) in [5.74, 6) is -0.950. The van der Waals surface area contributed by atoms with E-state index in [0.717, 1.165) is 12.8 Å². The standard InChI is InChI=1S/C20H23N3O4/c1-12(2)17(23-19(25)16-7-4-10-27-16)20(26)22-15-6-3-5-13(11-15)18(24)21-14-8-9-14/h3-7,10-12,14,17H,8-9H2,1-2H3,(H,21,24)(H,22,26)(H,23,25)/t17-/m1/s1. The topological polar surface area (TPSA) is 100 Å². The fourth-order valence-corrected chi connectivity index (χ4v) is 2.61. The van der Waals surface area contributed by atoms with Crippen molar-refractivity contribution in [1.82, 2.24) is 10.6 Å². The predicted molar refractivity (Wildman–Crippen MR) is 100 cm³/mol. The summed E-state index contributed by atoms with van der Waals surface area (Å²) in [4.78, 5) is 37.0. The van der Waals surface area contributed by atoms with E-state index in [1.807, 2.05) is 13.8 Å². The second-order valence-electron chi connectivity index (χ2n) is 6.99. The van der Waals surface area contributed by atoms with Gasteiger partial charge in [-0.25, -0.2) is 0 Å². The molecular weight excluding hydrogens is 346 g/mol. The Hall–Kier alpha value is -3.09. The van der Waals surface area contributed by atoms with E-state index in [1.165, 1.54) is 12.3 Å². The van der Waals surface area contributed by atoms with Crippen LogP contribution in [0.15, 0.2) is 47.1 Å². The van der Waals surface area contributed by atoms with Crippen molar-refractivity contribution in [2.45, 2.75) is 38.8 Å². The lowest BCUT2D eigenvalue weighted by atomic mass is 10.0. The molecule has 3 amide bonds. The van der Waals surface area contributed by atoms with Crippen LogP contribution >= 0.6 is 0 Å². The van der Waals surface area contributed by atoms with Crippen molar-refractivity contribution in [2.75, 3.05) is 5.32 Å². The molecule has 27 heavy (non-hydrogen) atoms. The van der Waals surface area contributed by atoms with Crippen molar-refractivity contribution in [1.29, 1.82) is 0 Å². The van der Waals surface area contributed by atoms with E-state index in [4.69, 9.17) is 4.42 Å². The van der Waals surface area contributed by atoms with E-state index in [-0.39, 0.29) is 29.5 Å². The molecule has 1 aromatic heterocycles. The molecule has 142 valence electrons. The first-order valence-corrected chi connectivity index (χ1v) is 9.00. The molecule has 0 unspecified atom stereocenters. The third kappa shape index (κ3) is 4.97. The average Bonchev–Trinajstić information content (AvgIpc) is 3.27. The molecule has 3 N–H and O–H groups in total. The molecule has 0 saturated heterocycles. The first-order valence-electron chi connectivity index (χ1n) is 9.00. The Morgan fingerprint density at radius 3 is 2.48 bits per heavy atom. The number of furan rings is 1. The number of carbonyl (C=O) groups is 3. The van der Waals surface area contributed by atoms with Crippen LogP contribution in [0.5, 0.6) is 0 Å². The molecule has 3 rings (SSSR count). The summed E-state index contributed by atoms with van der Waals surface area (Å²) in [7, 11) is 0. The summed E-state index contributed by atoms with van der Waals surface area (Å²) in [6.07, 6.45) is 3.42. The Morgan fingerprint density at radius 1 is 1.07 bits per heavy atom. The smallest absolute Gasteiger partial charge is 0.287 e. The van der Waals surface area contributed by atoms with Crippen LogP contribution in [0.25, 0.3) is 0 Å². The van der Waals surface area contributed by atoms with Crippen LogP contribution in [-0.4, -0.2) is 29.8 Å². The van der Waals surface area contributed by atoms with Crippen LogP contribution in [0.4, 0.5) is 5.69 Å². The Morgan fingerprint density at radius 2 is 1.85 bits per heavy atom. The molecule has 1 atom stereocenters. The minimum atomic E-state index is -0.744. The quantitative estimate of drug-likeness (QED) is 0.698. The van der Waals surface area contributed by atoms with E-state index in [2.05, 4.69) is 16.0 Å². The van der Waals surface area contributed by atoms with Crippen molar-refractivity contribution in [3.63, 3.8) is 0 Å². The minimum Gasteiger partial charge on any atom is -0.459 e. The molecule has 1 aliphatic carbocycles. The highest BCUT2D eigenvalue weighted by Crippen LogP contribution is 2.20. The Kier molecular flexibility index (Phi) is 5.59. The number of nitrogens with one attached hydrogen (secondary N) is 3. The second-order valence-corrected chi connectivity index (χ2v) is 6.99. The normalized spacial score (nSPS) is 14.5. The van der Waals surface area contributed by atoms with E-state index >= 15 is 0 Å². The van der Waals surface area contributed by atoms with Gasteiger partial charge >= 0.3 is 0 Å². The van der Waals surface area contributed by atoms with Crippen LogP contribution in [0, 0.1) is 5.92 Å². The van der Waals surface area contributed by atoms with E-state index in [1.54, 1.807) is 30.3 Å². The van der Waals surface area contributed by atoms with Gasteiger partial charge in [0.1, 0.15) is 6.04 Å². The second kappa shape index (κ2) is 8.07. The highest BCUT2D eigenvalue weighted by molar-refractivity contribution is 6.01. The molecule has 2 aromatic rings. The van der Waals surface area contributed by atoms with Gasteiger partial charge in [-0.15, -0.1) is 0 Å². The number of anilines is 1. The van der Waals surface area contributed by atoms with Crippen LogP contribution in [0.2, 0.25) is 0 Å². The molecule has 1 aliphatic rings. The highest BCUT2D eigenvalue weighted by Gasteiger charge is 2.26. The molecule has 1 heterocycles. The van der Waals surface area contributed by atoms with Crippen molar-refractivity contribution in [3.8, 4) is 0 Å². The first kappa shape index (κ1) is 18.7. The number of amides is 3. The molecule has 1 saturated carbocycles. The molecule has 7 heteroatoms. The number of benzene rings is 1.